The van der Waals surface area contributed by atoms with Crippen LogP contribution in [0.3, 0.4) is 0 Å². The van der Waals surface area contributed by atoms with E-state index in [0.29, 0.717) is 5.56 Å². The van der Waals surface area contributed by atoms with Crippen molar-refractivity contribution in [1.82, 2.24) is 0 Å². The molecule has 0 spiro atoms. The monoisotopic (exact) mass is 234 g/mol. The minimum Gasteiger partial charge on any atom is -0.234 e. The van der Waals surface area contributed by atoms with Gasteiger partial charge in [-0.2, -0.15) is 0 Å². The Bertz CT molecular complexity index is 351. The molecule has 1 aromatic rings. The molecule has 14 heavy (non-hydrogen) atoms. The molecule has 0 aromatic heterocycles. The Morgan fingerprint density at radius 2 is 1.57 bits per heavy atom. The zero-order valence-electron chi connectivity index (χ0n) is 8.97. The van der Waals surface area contributed by atoms with E-state index in [9.17, 15) is 9.36 Å². The van der Waals surface area contributed by atoms with E-state index < -0.39 is 8.46 Å². The van der Waals surface area contributed by atoms with E-state index in [1.165, 1.54) is 0 Å². The van der Waals surface area contributed by atoms with Crippen LogP contribution in [0.1, 0.15) is 27.0 Å². The van der Waals surface area contributed by atoms with Gasteiger partial charge < -0.3 is 0 Å². The summed E-state index contributed by atoms with van der Waals surface area (Å²) in [5, 5.41) is 0. The first-order chi connectivity index (χ1) is 6.06. The van der Waals surface area contributed by atoms with E-state index >= 15 is 0 Å². The zero-order valence-corrected chi connectivity index (χ0v) is 13.1. The van der Waals surface area contributed by atoms with Crippen LogP contribution in [0.4, 0.5) is 0 Å². The van der Waals surface area contributed by atoms with E-state index in [-0.39, 0.29) is 56.9 Å². The molecule has 0 aliphatic rings. The third-order valence-corrected chi connectivity index (χ3v) is 2.43. The third-order valence-electron chi connectivity index (χ3n) is 2.00. The van der Waals surface area contributed by atoms with Crippen LogP contribution in [0.25, 0.3) is 0 Å². The summed E-state index contributed by atoms with van der Waals surface area (Å²) >= 11 is 0. The van der Waals surface area contributed by atoms with Gasteiger partial charge in [0.15, 0.2) is 0 Å². The topological polar surface area (TPSA) is 34.1 Å². The van der Waals surface area contributed by atoms with Gasteiger partial charge in [0, 0.05) is 51.4 Å². The smallest absolute Gasteiger partial charge is 0.234 e. The summed E-state index contributed by atoms with van der Waals surface area (Å²) in [5.74, 6) is 0. The fourth-order valence-corrected chi connectivity index (χ4v) is 2.09. The molecule has 1 aromatic carbocycles. The maximum atomic E-state index is 11.3. The molecular formula is C10H12KO2P+. The van der Waals surface area contributed by atoms with Crippen molar-refractivity contribution >= 4 is 65.4 Å². The van der Waals surface area contributed by atoms with Crippen LogP contribution in [0.15, 0.2) is 12.1 Å². The molecule has 0 aliphatic heterocycles. The first-order valence-electron chi connectivity index (χ1n) is 4.06. The molecule has 0 saturated heterocycles. The van der Waals surface area contributed by atoms with E-state index in [1.54, 1.807) is 0 Å². The van der Waals surface area contributed by atoms with Crippen molar-refractivity contribution < 1.29 is 9.36 Å². The fourth-order valence-electron chi connectivity index (χ4n) is 1.59. The van der Waals surface area contributed by atoms with Crippen LogP contribution in [0.2, 0.25) is 0 Å². The molecule has 0 bridgehead atoms. The van der Waals surface area contributed by atoms with Crippen molar-refractivity contribution in [2.45, 2.75) is 20.8 Å². The van der Waals surface area contributed by atoms with E-state index in [4.69, 9.17) is 0 Å². The van der Waals surface area contributed by atoms with Crippen LogP contribution in [0.5, 0.6) is 0 Å². The predicted molar refractivity (Wildman–Crippen MR) is 59.7 cm³/mol. The summed E-state index contributed by atoms with van der Waals surface area (Å²) in [6, 6.07) is 3.86. The quantitative estimate of drug-likeness (QED) is 0.581. The minimum atomic E-state index is -0.890. The Balaban J connectivity index is 0.00000169. The van der Waals surface area contributed by atoms with Gasteiger partial charge in [-0.25, -0.2) is 4.79 Å². The van der Waals surface area contributed by atoms with Gasteiger partial charge in [-0.1, -0.05) is 22.3 Å². The van der Waals surface area contributed by atoms with Crippen molar-refractivity contribution in [2.24, 2.45) is 0 Å². The Hall–Kier alpha value is 0.626. The summed E-state index contributed by atoms with van der Waals surface area (Å²) < 4.78 is 10.5. The van der Waals surface area contributed by atoms with Crippen molar-refractivity contribution in [3.8, 4) is 0 Å². The second-order valence-corrected chi connectivity index (χ2v) is 3.86. The summed E-state index contributed by atoms with van der Waals surface area (Å²) in [6.07, 6.45) is 0. The normalized spacial score (nSPS) is 9.64. The molecule has 0 heterocycles. The van der Waals surface area contributed by atoms with Crippen molar-refractivity contribution in [3.05, 3.63) is 34.4 Å². The molecule has 1 unspecified atom stereocenters. The Morgan fingerprint density at radius 3 is 1.93 bits per heavy atom. The van der Waals surface area contributed by atoms with E-state index in [0.717, 1.165) is 16.7 Å². The Labute approximate surface area is 128 Å². The average Bonchev–Trinajstić information content (AvgIpc) is 2.02. The molecule has 4 heteroatoms. The van der Waals surface area contributed by atoms with Crippen LogP contribution in [-0.4, -0.2) is 56.9 Å². The number of carbonyl (C=O) groups excluding carboxylic acids is 1. The summed E-state index contributed by atoms with van der Waals surface area (Å²) in [6.45, 7) is 5.72. The van der Waals surface area contributed by atoms with Gasteiger partial charge >= 0.3 is 14.0 Å². The molecule has 2 nitrogen and oxygen atoms in total. The van der Waals surface area contributed by atoms with Crippen LogP contribution >= 0.6 is 8.46 Å². The fraction of sp³-hybridized carbons (Fsp3) is 0.300. The van der Waals surface area contributed by atoms with Crippen molar-refractivity contribution in [3.63, 3.8) is 0 Å². The molecule has 1 rings (SSSR count). The van der Waals surface area contributed by atoms with Crippen molar-refractivity contribution in [2.75, 3.05) is 0 Å². The predicted octanol–water partition coefficient (Wildman–Crippen LogP) is 2.40. The maximum absolute atomic E-state index is 11.3. The standard InChI is InChI=1S/C10H11O2P.K/c1-6-4-7(2)9(8(3)5-6)10(11)13-12;/h4-5H,1-3H3;/p+1. The number of hydrogen-bond acceptors (Lipinski definition) is 2. The van der Waals surface area contributed by atoms with Gasteiger partial charge in [-0.3, -0.25) is 0 Å². The molecular weight excluding hydrogens is 222 g/mol. The average molecular weight is 234 g/mol. The molecule has 0 aliphatic carbocycles. The maximum Gasteiger partial charge on any atom is 0.406 e. The SMILES string of the molecule is Cc1cc(C)c(C(=O)[PH+]=O)c(C)c1.[K]. The summed E-state index contributed by atoms with van der Waals surface area (Å²) in [4.78, 5) is 11.3. The number of hydrogen-bond donors (Lipinski definition) is 0. The van der Waals surface area contributed by atoms with Gasteiger partial charge in [0.25, 0.3) is 0 Å². The summed E-state index contributed by atoms with van der Waals surface area (Å²) in [5.41, 5.74) is 3.27. The van der Waals surface area contributed by atoms with Gasteiger partial charge in [0.1, 0.15) is 0 Å². The molecule has 0 saturated carbocycles. The number of rotatable bonds is 2. The van der Waals surface area contributed by atoms with Crippen LogP contribution in [0, 0.1) is 20.8 Å². The van der Waals surface area contributed by atoms with Gasteiger partial charge in [-0.15, -0.1) is 0 Å². The van der Waals surface area contributed by atoms with Gasteiger partial charge in [0.05, 0.1) is 5.56 Å². The zero-order chi connectivity index (χ0) is 10.0. The van der Waals surface area contributed by atoms with E-state index in [1.807, 2.05) is 32.9 Å². The van der Waals surface area contributed by atoms with Crippen LogP contribution in [-0.2, 0) is 4.57 Å². The first-order valence-corrected chi connectivity index (χ1v) is 4.97. The first kappa shape index (κ1) is 14.6. The molecule has 69 valence electrons. The van der Waals surface area contributed by atoms with Crippen molar-refractivity contribution in [1.29, 1.82) is 0 Å². The molecule has 0 fully saturated rings. The molecule has 1 radical (unpaired) electrons. The molecule has 1 atom stereocenters. The Kier molecular flexibility index (Phi) is 6.54. The second kappa shape index (κ2) is 6.26. The van der Waals surface area contributed by atoms with Gasteiger partial charge in [0.2, 0.25) is 0 Å². The van der Waals surface area contributed by atoms with E-state index in [2.05, 4.69) is 0 Å². The Morgan fingerprint density at radius 1 is 1.14 bits per heavy atom. The summed E-state index contributed by atoms with van der Waals surface area (Å²) in [7, 11) is -0.890. The number of aryl methyl sites for hydroxylation is 3. The second-order valence-electron chi connectivity index (χ2n) is 3.20. The van der Waals surface area contributed by atoms with Gasteiger partial charge in [-0.05, 0) is 31.9 Å². The van der Waals surface area contributed by atoms with Crippen LogP contribution < -0.4 is 0 Å². The number of carbonyl (C=O) groups is 1. The largest absolute Gasteiger partial charge is 0.406 e. The molecule has 0 amide bonds. The molecule has 0 N–H and O–H groups in total. The number of benzene rings is 1. The third kappa shape index (κ3) is 3.33. The minimum absolute atomic E-state index is 0.